The fraction of sp³-hybridized carbons (Fsp3) is 0.222. The van der Waals surface area contributed by atoms with Gasteiger partial charge in [0.05, 0.1) is 5.52 Å². The molecule has 112 valence electrons. The standard InChI is InChI=1S/C18H19N3O/c1-4-20(15-9-7-8-13(2)12-15)18(22)17-16-10-5-6-11-21(16)14(3)19-17/h5-12H,4H2,1-3H3. The molecule has 3 aromatic rings. The number of nitrogens with zero attached hydrogens (tertiary/aromatic N) is 3. The predicted molar refractivity (Wildman–Crippen MR) is 88.5 cm³/mol. The SMILES string of the molecule is CCN(C(=O)c1nc(C)n2ccccc12)c1cccc(C)c1. The number of anilines is 1. The highest BCUT2D eigenvalue weighted by Gasteiger charge is 2.22. The normalized spacial score (nSPS) is 10.9. The summed E-state index contributed by atoms with van der Waals surface area (Å²) in [5.41, 5.74) is 3.38. The zero-order chi connectivity index (χ0) is 15.7. The first-order valence-corrected chi connectivity index (χ1v) is 7.44. The van der Waals surface area contributed by atoms with Gasteiger partial charge in [0.2, 0.25) is 0 Å². The van der Waals surface area contributed by atoms with Gasteiger partial charge in [-0.05, 0) is 50.6 Å². The Morgan fingerprint density at radius 2 is 2.00 bits per heavy atom. The number of hydrogen-bond donors (Lipinski definition) is 0. The molecule has 0 spiro atoms. The zero-order valence-electron chi connectivity index (χ0n) is 13.1. The third-order valence-corrected chi connectivity index (χ3v) is 3.80. The number of pyridine rings is 1. The molecule has 0 fully saturated rings. The largest absolute Gasteiger partial charge is 0.307 e. The van der Waals surface area contributed by atoms with Crippen LogP contribution in [-0.4, -0.2) is 21.8 Å². The molecule has 0 aliphatic heterocycles. The molecule has 0 N–H and O–H groups in total. The number of carbonyl (C=O) groups is 1. The van der Waals surface area contributed by atoms with Crippen molar-refractivity contribution in [1.29, 1.82) is 0 Å². The molecule has 4 heteroatoms. The summed E-state index contributed by atoms with van der Waals surface area (Å²) < 4.78 is 1.94. The lowest BCUT2D eigenvalue weighted by Crippen LogP contribution is -2.31. The van der Waals surface area contributed by atoms with Crippen LogP contribution in [-0.2, 0) is 0 Å². The second-order valence-corrected chi connectivity index (χ2v) is 5.35. The molecule has 0 unspecified atom stereocenters. The molecule has 2 heterocycles. The molecule has 0 radical (unpaired) electrons. The van der Waals surface area contributed by atoms with Gasteiger partial charge < -0.3 is 9.30 Å². The van der Waals surface area contributed by atoms with Gasteiger partial charge in [0.25, 0.3) is 5.91 Å². The van der Waals surface area contributed by atoms with Crippen LogP contribution in [0.25, 0.3) is 5.52 Å². The van der Waals surface area contributed by atoms with E-state index in [2.05, 4.69) is 4.98 Å². The van der Waals surface area contributed by atoms with Crippen LogP contribution in [0.1, 0.15) is 28.8 Å². The maximum atomic E-state index is 13.0. The van der Waals surface area contributed by atoms with E-state index in [-0.39, 0.29) is 5.91 Å². The minimum atomic E-state index is -0.0649. The Bertz CT molecular complexity index is 835. The lowest BCUT2D eigenvalue weighted by atomic mass is 10.2. The Morgan fingerprint density at radius 3 is 2.73 bits per heavy atom. The number of rotatable bonds is 3. The van der Waals surface area contributed by atoms with E-state index in [1.807, 2.05) is 73.8 Å². The summed E-state index contributed by atoms with van der Waals surface area (Å²) in [6.45, 7) is 6.52. The Kier molecular flexibility index (Phi) is 3.67. The number of aryl methyl sites for hydroxylation is 2. The molecule has 0 aliphatic carbocycles. The van der Waals surface area contributed by atoms with Crippen LogP contribution in [0, 0.1) is 13.8 Å². The number of amides is 1. The highest BCUT2D eigenvalue weighted by molar-refractivity contribution is 6.09. The summed E-state index contributed by atoms with van der Waals surface area (Å²) in [5.74, 6) is 0.754. The molecule has 1 aromatic carbocycles. The van der Waals surface area contributed by atoms with E-state index in [0.29, 0.717) is 12.2 Å². The topological polar surface area (TPSA) is 37.6 Å². The van der Waals surface area contributed by atoms with E-state index in [1.165, 1.54) is 0 Å². The maximum Gasteiger partial charge on any atom is 0.279 e. The van der Waals surface area contributed by atoms with Crippen molar-refractivity contribution in [2.75, 3.05) is 11.4 Å². The van der Waals surface area contributed by atoms with Crippen molar-refractivity contribution in [3.8, 4) is 0 Å². The Labute approximate surface area is 130 Å². The van der Waals surface area contributed by atoms with Gasteiger partial charge in [-0.2, -0.15) is 0 Å². The predicted octanol–water partition coefficient (Wildman–Crippen LogP) is 3.62. The van der Waals surface area contributed by atoms with Gasteiger partial charge in [0.15, 0.2) is 5.69 Å². The molecule has 0 saturated carbocycles. The molecule has 2 aromatic heterocycles. The van der Waals surface area contributed by atoms with Crippen molar-refractivity contribution in [3.63, 3.8) is 0 Å². The third-order valence-electron chi connectivity index (χ3n) is 3.80. The van der Waals surface area contributed by atoms with Crippen LogP contribution < -0.4 is 4.90 Å². The minimum Gasteiger partial charge on any atom is -0.307 e. The summed E-state index contributed by atoms with van der Waals surface area (Å²) in [7, 11) is 0. The van der Waals surface area contributed by atoms with Crippen LogP contribution in [0.5, 0.6) is 0 Å². The van der Waals surface area contributed by atoms with Crippen molar-refractivity contribution in [2.45, 2.75) is 20.8 Å². The van der Waals surface area contributed by atoms with Gasteiger partial charge in [-0.25, -0.2) is 4.98 Å². The fourth-order valence-electron chi connectivity index (χ4n) is 2.72. The first-order chi connectivity index (χ1) is 10.6. The number of aromatic nitrogens is 2. The summed E-state index contributed by atoms with van der Waals surface area (Å²) in [6.07, 6.45) is 1.93. The molecular weight excluding hydrogens is 274 g/mol. The quantitative estimate of drug-likeness (QED) is 0.739. The van der Waals surface area contributed by atoms with Crippen molar-refractivity contribution >= 4 is 17.1 Å². The Morgan fingerprint density at radius 1 is 1.18 bits per heavy atom. The van der Waals surface area contributed by atoms with Gasteiger partial charge in [-0.1, -0.05) is 18.2 Å². The van der Waals surface area contributed by atoms with Crippen molar-refractivity contribution in [3.05, 3.63) is 65.7 Å². The average Bonchev–Trinajstić information content (AvgIpc) is 2.86. The van der Waals surface area contributed by atoms with Gasteiger partial charge in [-0.3, -0.25) is 4.79 Å². The second kappa shape index (κ2) is 5.64. The average molecular weight is 293 g/mol. The van der Waals surface area contributed by atoms with E-state index >= 15 is 0 Å². The zero-order valence-corrected chi connectivity index (χ0v) is 13.1. The van der Waals surface area contributed by atoms with Crippen LogP contribution in [0.2, 0.25) is 0 Å². The van der Waals surface area contributed by atoms with Gasteiger partial charge in [-0.15, -0.1) is 0 Å². The molecule has 22 heavy (non-hydrogen) atoms. The number of carbonyl (C=O) groups excluding carboxylic acids is 1. The number of imidazole rings is 1. The fourth-order valence-corrected chi connectivity index (χ4v) is 2.72. The molecule has 4 nitrogen and oxygen atoms in total. The first kappa shape index (κ1) is 14.3. The van der Waals surface area contributed by atoms with Gasteiger partial charge in [0.1, 0.15) is 5.82 Å². The summed E-state index contributed by atoms with van der Waals surface area (Å²) >= 11 is 0. The lowest BCUT2D eigenvalue weighted by Gasteiger charge is -2.20. The molecule has 0 saturated heterocycles. The molecule has 3 rings (SSSR count). The maximum absolute atomic E-state index is 13.0. The van der Waals surface area contributed by atoms with Crippen LogP contribution in [0.15, 0.2) is 48.7 Å². The third kappa shape index (κ3) is 2.37. The van der Waals surface area contributed by atoms with E-state index in [0.717, 1.165) is 22.6 Å². The number of benzene rings is 1. The van der Waals surface area contributed by atoms with Crippen molar-refractivity contribution < 1.29 is 4.79 Å². The lowest BCUT2D eigenvalue weighted by molar-refractivity contribution is 0.0985. The van der Waals surface area contributed by atoms with Crippen LogP contribution in [0.4, 0.5) is 5.69 Å². The van der Waals surface area contributed by atoms with E-state index in [1.54, 1.807) is 4.90 Å². The number of fused-ring (bicyclic) bond motifs is 1. The van der Waals surface area contributed by atoms with E-state index in [9.17, 15) is 4.79 Å². The Hall–Kier alpha value is -2.62. The molecule has 1 amide bonds. The molecule has 0 atom stereocenters. The second-order valence-electron chi connectivity index (χ2n) is 5.35. The molecule has 0 bridgehead atoms. The van der Waals surface area contributed by atoms with E-state index in [4.69, 9.17) is 0 Å². The molecular formula is C18H19N3O. The smallest absolute Gasteiger partial charge is 0.279 e. The minimum absolute atomic E-state index is 0.0649. The van der Waals surface area contributed by atoms with Gasteiger partial charge in [0, 0.05) is 18.4 Å². The first-order valence-electron chi connectivity index (χ1n) is 7.44. The van der Waals surface area contributed by atoms with Crippen molar-refractivity contribution in [2.24, 2.45) is 0 Å². The van der Waals surface area contributed by atoms with E-state index < -0.39 is 0 Å². The van der Waals surface area contributed by atoms with Crippen LogP contribution >= 0.6 is 0 Å². The van der Waals surface area contributed by atoms with Gasteiger partial charge >= 0.3 is 0 Å². The van der Waals surface area contributed by atoms with Crippen LogP contribution in [0.3, 0.4) is 0 Å². The monoisotopic (exact) mass is 293 g/mol. The molecule has 0 aliphatic rings. The summed E-state index contributed by atoms with van der Waals surface area (Å²) in [6, 6.07) is 13.8. The summed E-state index contributed by atoms with van der Waals surface area (Å²) in [4.78, 5) is 19.2. The number of hydrogen-bond acceptors (Lipinski definition) is 2. The highest BCUT2D eigenvalue weighted by Crippen LogP contribution is 2.21. The summed E-state index contributed by atoms with van der Waals surface area (Å²) in [5, 5.41) is 0. The Balaban J connectivity index is 2.07. The highest BCUT2D eigenvalue weighted by atomic mass is 16.2. The van der Waals surface area contributed by atoms with Crippen molar-refractivity contribution in [1.82, 2.24) is 9.38 Å².